The zero-order valence-electron chi connectivity index (χ0n) is 12.1. The molecule has 0 saturated heterocycles. The average Bonchev–Trinajstić information content (AvgIpc) is 3.24. The molecule has 108 valence electrons. The molecule has 2 atom stereocenters. The maximum Gasteiger partial charge on any atom is 0.230 e. The van der Waals surface area contributed by atoms with Crippen LogP contribution in [0.4, 0.5) is 0 Å². The number of carbonyl (C=O) groups excluding carboxylic acids is 1. The van der Waals surface area contributed by atoms with Crippen LogP contribution in [0, 0.1) is 5.41 Å². The first-order valence-corrected chi connectivity index (χ1v) is 7.57. The van der Waals surface area contributed by atoms with Gasteiger partial charge in [-0.15, -0.1) is 0 Å². The van der Waals surface area contributed by atoms with Crippen molar-refractivity contribution in [1.29, 1.82) is 0 Å². The van der Waals surface area contributed by atoms with Crippen LogP contribution in [-0.2, 0) is 11.3 Å². The average molecular weight is 273 g/mol. The zero-order chi connectivity index (χ0) is 14.2. The van der Waals surface area contributed by atoms with Gasteiger partial charge in [0.05, 0.1) is 5.41 Å². The first kappa shape index (κ1) is 13.6. The Kier molecular flexibility index (Phi) is 3.50. The minimum Gasteiger partial charge on any atom is -0.335 e. The van der Waals surface area contributed by atoms with Gasteiger partial charge in [0, 0.05) is 31.0 Å². The molecule has 3 rings (SSSR count). The second-order valence-electron chi connectivity index (χ2n) is 6.44. The lowest BCUT2D eigenvalue weighted by Crippen LogP contribution is -2.49. The smallest absolute Gasteiger partial charge is 0.230 e. The van der Waals surface area contributed by atoms with E-state index in [4.69, 9.17) is 5.73 Å². The molecule has 0 spiro atoms. The number of aromatic nitrogens is 1. The van der Waals surface area contributed by atoms with Crippen molar-refractivity contribution in [3.05, 3.63) is 30.1 Å². The molecule has 1 aromatic heterocycles. The quantitative estimate of drug-likeness (QED) is 0.914. The van der Waals surface area contributed by atoms with E-state index in [1.165, 1.54) is 0 Å². The number of amides is 1. The molecule has 0 aliphatic heterocycles. The number of carbonyl (C=O) groups is 1. The fraction of sp³-hybridized carbons (Fsp3) is 0.625. The van der Waals surface area contributed by atoms with Gasteiger partial charge in [0.1, 0.15) is 0 Å². The van der Waals surface area contributed by atoms with Crippen molar-refractivity contribution in [3.63, 3.8) is 0 Å². The molecule has 2 aliphatic rings. The molecule has 4 heteroatoms. The van der Waals surface area contributed by atoms with Gasteiger partial charge in [-0.25, -0.2) is 0 Å². The lowest BCUT2D eigenvalue weighted by atomic mass is 9.83. The molecule has 2 unspecified atom stereocenters. The van der Waals surface area contributed by atoms with Gasteiger partial charge in [-0.3, -0.25) is 9.78 Å². The number of nitrogens with zero attached hydrogens (tertiary/aromatic N) is 2. The van der Waals surface area contributed by atoms with E-state index in [-0.39, 0.29) is 17.4 Å². The van der Waals surface area contributed by atoms with Gasteiger partial charge in [0.15, 0.2) is 0 Å². The van der Waals surface area contributed by atoms with Gasteiger partial charge in [0.2, 0.25) is 5.91 Å². The van der Waals surface area contributed by atoms with Gasteiger partial charge < -0.3 is 10.6 Å². The Hall–Kier alpha value is -1.42. The fourth-order valence-electron chi connectivity index (χ4n) is 3.23. The fourth-order valence-corrected chi connectivity index (χ4v) is 3.23. The first-order chi connectivity index (χ1) is 9.61. The summed E-state index contributed by atoms with van der Waals surface area (Å²) in [4.78, 5) is 19.2. The molecule has 2 aliphatic carbocycles. The van der Waals surface area contributed by atoms with E-state index in [9.17, 15) is 4.79 Å². The van der Waals surface area contributed by atoms with Crippen molar-refractivity contribution in [3.8, 4) is 0 Å². The van der Waals surface area contributed by atoms with Crippen molar-refractivity contribution in [2.75, 3.05) is 0 Å². The highest BCUT2D eigenvalue weighted by molar-refractivity contribution is 5.84. The lowest BCUT2D eigenvalue weighted by Gasteiger charge is -2.34. The van der Waals surface area contributed by atoms with Gasteiger partial charge in [0.25, 0.3) is 0 Å². The maximum atomic E-state index is 13.0. The summed E-state index contributed by atoms with van der Waals surface area (Å²) in [6.45, 7) is 2.71. The van der Waals surface area contributed by atoms with Crippen molar-refractivity contribution in [2.45, 2.75) is 57.7 Å². The van der Waals surface area contributed by atoms with Crippen molar-refractivity contribution < 1.29 is 4.79 Å². The molecular formula is C16H23N3O. The minimum absolute atomic E-state index is 0.00477. The monoisotopic (exact) mass is 273 g/mol. The standard InChI is InChI=1S/C16H23N3O/c1-16(8-2-5-14(16)17)15(20)19(13-6-7-13)11-12-4-3-9-18-10-12/h3-4,9-10,13-14H,2,5-8,11,17H2,1H3. The lowest BCUT2D eigenvalue weighted by molar-refractivity contribution is -0.143. The number of rotatable bonds is 4. The summed E-state index contributed by atoms with van der Waals surface area (Å²) in [5.74, 6) is 0.244. The van der Waals surface area contributed by atoms with Crippen LogP contribution in [-0.4, -0.2) is 27.9 Å². The van der Waals surface area contributed by atoms with E-state index in [1.807, 2.05) is 30.2 Å². The van der Waals surface area contributed by atoms with Crippen LogP contribution < -0.4 is 5.73 Å². The third-order valence-corrected chi connectivity index (χ3v) is 4.84. The van der Waals surface area contributed by atoms with Crippen LogP contribution in [0.3, 0.4) is 0 Å². The van der Waals surface area contributed by atoms with Crippen LogP contribution in [0.25, 0.3) is 0 Å². The highest BCUT2D eigenvalue weighted by Crippen LogP contribution is 2.41. The van der Waals surface area contributed by atoms with Crippen LogP contribution in [0.5, 0.6) is 0 Å². The van der Waals surface area contributed by atoms with E-state index in [2.05, 4.69) is 4.98 Å². The molecule has 0 aromatic carbocycles. The SMILES string of the molecule is CC1(C(=O)N(Cc2cccnc2)C2CC2)CCCC1N. The van der Waals surface area contributed by atoms with E-state index in [0.29, 0.717) is 12.6 Å². The van der Waals surface area contributed by atoms with Crippen molar-refractivity contribution in [1.82, 2.24) is 9.88 Å². The molecular weight excluding hydrogens is 250 g/mol. The van der Waals surface area contributed by atoms with Gasteiger partial charge in [-0.1, -0.05) is 12.5 Å². The molecule has 0 radical (unpaired) electrons. The highest BCUT2D eigenvalue weighted by atomic mass is 16.2. The number of hydrogen-bond acceptors (Lipinski definition) is 3. The molecule has 1 aromatic rings. The molecule has 0 bridgehead atoms. The van der Waals surface area contributed by atoms with E-state index in [0.717, 1.165) is 37.7 Å². The highest BCUT2D eigenvalue weighted by Gasteiger charge is 2.47. The Morgan fingerprint density at radius 3 is 2.85 bits per heavy atom. The minimum atomic E-state index is -0.370. The van der Waals surface area contributed by atoms with Gasteiger partial charge in [-0.05, 0) is 44.2 Å². The van der Waals surface area contributed by atoms with Crippen LogP contribution in [0.15, 0.2) is 24.5 Å². The molecule has 2 N–H and O–H groups in total. The molecule has 4 nitrogen and oxygen atoms in total. The molecule has 2 fully saturated rings. The molecule has 2 saturated carbocycles. The largest absolute Gasteiger partial charge is 0.335 e. The third-order valence-electron chi connectivity index (χ3n) is 4.84. The molecule has 20 heavy (non-hydrogen) atoms. The Balaban J connectivity index is 1.79. The summed E-state index contributed by atoms with van der Waals surface area (Å²) in [5, 5.41) is 0. The number of pyridine rings is 1. The number of hydrogen-bond donors (Lipinski definition) is 1. The van der Waals surface area contributed by atoms with Gasteiger partial charge in [-0.2, -0.15) is 0 Å². The zero-order valence-corrected chi connectivity index (χ0v) is 12.1. The topological polar surface area (TPSA) is 59.2 Å². The Morgan fingerprint density at radius 2 is 2.30 bits per heavy atom. The van der Waals surface area contributed by atoms with E-state index in [1.54, 1.807) is 6.20 Å². The van der Waals surface area contributed by atoms with Crippen LogP contribution in [0.2, 0.25) is 0 Å². The molecule has 1 heterocycles. The predicted molar refractivity (Wildman–Crippen MR) is 77.7 cm³/mol. The second kappa shape index (κ2) is 5.17. The third kappa shape index (κ3) is 2.44. The second-order valence-corrected chi connectivity index (χ2v) is 6.44. The van der Waals surface area contributed by atoms with E-state index < -0.39 is 0 Å². The Morgan fingerprint density at radius 1 is 1.50 bits per heavy atom. The predicted octanol–water partition coefficient (Wildman–Crippen LogP) is 2.09. The van der Waals surface area contributed by atoms with Gasteiger partial charge >= 0.3 is 0 Å². The van der Waals surface area contributed by atoms with Crippen LogP contribution in [0.1, 0.15) is 44.6 Å². The molecule has 1 amide bonds. The van der Waals surface area contributed by atoms with Crippen molar-refractivity contribution >= 4 is 5.91 Å². The number of nitrogens with two attached hydrogens (primary N) is 1. The summed E-state index contributed by atoms with van der Waals surface area (Å²) < 4.78 is 0. The van der Waals surface area contributed by atoms with Crippen molar-refractivity contribution in [2.24, 2.45) is 11.1 Å². The maximum absolute atomic E-state index is 13.0. The van der Waals surface area contributed by atoms with E-state index >= 15 is 0 Å². The normalized spacial score (nSPS) is 29.4. The summed E-state index contributed by atoms with van der Waals surface area (Å²) in [6, 6.07) is 4.37. The summed E-state index contributed by atoms with van der Waals surface area (Å²) >= 11 is 0. The summed E-state index contributed by atoms with van der Waals surface area (Å²) in [6.07, 6.45) is 8.81. The summed E-state index contributed by atoms with van der Waals surface area (Å²) in [7, 11) is 0. The summed E-state index contributed by atoms with van der Waals surface area (Å²) in [5.41, 5.74) is 6.94. The Labute approximate surface area is 120 Å². The first-order valence-electron chi connectivity index (χ1n) is 7.57. The Bertz CT molecular complexity index is 486. The van der Waals surface area contributed by atoms with Crippen LogP contribution >= 0.6 is 0 Å².